The third-order valence-electron chi connectivity index (χ3n) is 5.11. The Kier molecular flexibility index (Phi) is 11.6. The van der Waals surface area contributed by atoms with E-state index in [9.17, 15) is 14.6 Å². The van der Waals surface area contributed by atoms with Crippen LogP contribution in [-0.4, -0.2) is 57.4 Å². The summed E-state index contributed by atoms with van der Waals surface area (Å²) in [7, 11) is 2.22. The number of methoxy groups -OCH3 is 2. The van der Waals surface area contributed by atoms with E-state index in [1.54, 1.807) is 6.82 Å². The van der Waals surface area contributed by atoms with Crippen LogP contribution in [0.1, 0.15) is 43.2 Å². The lowest BCUT2D eigenvalue weighted by atomic mass is 9.86. The molecule has 0 spiro atoms. The van der Waals surface area contributed by atoms with Crippen LogP contribution in [0.5, 0.6) is 0 Å². The average Bonchev–Trinajstić information content (AvgIpc) is 2.71. The third-order valence-corrected chi connectivity index (χ3v) is 5.11. The van der Waals surface area contributed by atoms with E-state index < -0.39 is 13.1 Å². The van der Waals surface area contributed by atoms with E-state index in [1.807, 2.05) is 38.1 Å². The zero-order valence-corrected chi connectivity index (χ0v) is 18.2. The van der Waals surface area contributed by atoms with Crippen LogP contribution < -0.4 is 10.5 Å². The van der Waals surface area contributed by atoms with Crippen LogP contribution in [-0.2, 0) is 19.1 Å². The summed E-state index contributed by atoms with van der Waals surface area (Å²) in [5, 5.41) is 15.5. The molecular weight excluding hydrogens is 371 g/mol. The Bertz CT molecular complexity index is 624. The maximum Gasteiger partial charge on any atom is 0.373 e. The van der Waals surface area contributed by atoms with Crippen LogP contribution in [0.25, 0.3) is 0 Å². The van der Waals surface area contributed by atoms with E-state index in [0.717, 1.165) is 24.0 Å². The van der Waals surface area contributed by atoms with Gasteiger partial charge in [-0.15, -0.1) is 0 Å². The van der Waals surface area contributed by atoms with Crippen molar-refractivity contribution in [1.82, 2.24) is 10.5 Å². The summed E-state index contributed by atoms with van der Waals surface area (Å²) < 4.78 is 9.88. The second-order valence-corrected chi connectivity index (χ2v) is 7.44. The fraction of sp³-hybridized carbons (Fsp3) is 0.619. The topological polar surface area (TPSA) is 96.9 Å². The molecule has 162 valence electrons. The Morgan fingerprint density at radius 1 is 1.10 bits per heavy atom. The first-order valence-electron chi connectivity index (χ1n) is 10.2. The standard InChI is InChI=1S/C21H35BN2O5/c1-15-9-11-17(12-10-15)18(16(2)20(25)28-4)14-23-19(21(26)29-5)8-6-7-13-24-22(3)27/h9-12,16,18-19,23-24,27H,6-8,13-14H2,1-5H3/t16?,18?,19-/m1/s1. The number of esters is 2. The number of hydrogen-bond acceptors (Lipinski definition) is 7. The quantitative estimate of drug-likeness (QED) is 0.262. The van der Waals surface area contributed by atoms with Gasteiger partial charge in [-0.2, -0.15) is 0 Å². The van der Waals surface area contributed by atoms with Crippen molar-refractivity contribution < 1.29 is 24.1 Å². The fourth-order valence-corrected chi connectivity index (χ4v) is 3.25. The Morgan fingerprint density at radius 3 is 2.28 bits per heavy atom. The van der Waals surface area contributed by atoms with Gasteiger partial charge in [0.15, 0.2) is 0 Å². The third kappa shape index (κ3) is 8.98. The highest BCUT2D eigenvalue weighted by molar-refractivity contribution is 6.45. The first kappa shape index (κ1) is 25.1. The van der Waals surface area contributed by atoms with E-state index in [-0.39, 0.29) is 23.8 Å². The van der Waals surface area contributed by atoms with E-state index in [4.69, 9.17) is 9.47 Å². The number of rotatable bonds is 13. The van der Waals surface area contributed by atoms with Crippen LogP contribution >= 0.6 is 0 Å². The minimum Gasteiger partial charge on any atom is -0.469 e. The lowest BCUT2D eigenvalue weighted by molar-refractivity contribution is -0.145. The SMILES string of the molecule is COC(=O)C(C)C(CN[C@H](CCCCNB(C)O)C(=O)OC)c1ccc(C)cc1. The van der Waals surface area contributed by atoms with Crippen molar-refractivity contribution in [3.8, 4) is 0 Å². The van der Waals surface area contributed by atoms with Gasteiger partial charge in [0.05, 0.1) is 20.1 Å². The highest BCUT2D eigenvalue weighted by atomic mass is 16.5. The van der Waals surface area contributed by atoms with Crippen LogP contribution in [0.2, 0.25) is 6.82 Å². The van der Waals surface area contributed by atoms with Crippen molar-refractivity contribution in [2.24, 2.45) is 5.92 Å². The van der Waals surface area contributed by atoms with Crippen molar-refractivity contribution in [2.45, 2.75) is 51.9 Å². The lowest BCUT2D eigenvalue weighted by Gasteiger charge is -2.26. The largest absolute Gasteiger partial charge is 0.469 e. The van der Waals surface area contributed by atoms with Gasteiger partial charge in [-0.3, -0.25) is 9.59 Å². The molecule has 0 amide bonds. The van der Waals surface area contributed by atoms with Crippen molar-refractivity contribution in [1.29, 1.82) is 0 Å². The molecule has 0 saturated heterocycles. The summed E-state index contributed by atoms with van der Waals surface area (Å²) in [6, 6.07) is 7.59. The number of hydrogen-bond donors (Lipinski definition) is 3. The highest BCUT2D eigenvalue weighted by Crippen LogP contribution is 2.26. The van der Waals surface area contributed by atoms with Crippen LogP contribution in [0.15, 0.2) is 24.3 Å². The predicted octanol–water partition coefficient (Wildman–Crippen LogP) is 1.89. The van der Waals surface area contributed by atoms with Gasteiger partial charge in [0, 0.05) is 12.5 Å². The molecule has 2 unspecified atom stereocenters. The van der Waals surface area contributed by atoms with Gasteiger partial charge in [0.25, 0.3) is 0 Å². The molecule has 1 aromatic rings. The van der Waals surface area contributed by atoms with Gasteiger partial charge in [0.2, 0.25) is 0 Å². The Hall–Kier alpha value is -1.90. The summed E-state index contributed by atoms with van der Waals surface area (Å²) in [6.07, 6.45) is 2.25. The molecule has 0 heterocycles. The van der Waals surface area contributed by atoms with Gasteiger partial charge in [-0.05, 0) is 38.7 Å². The fourth-order valence-electron chi connectivity index (χ4n) is 3.25. The van der Waals surface area contributed by atoms with Crippen LogP contribution in [0.3, 0.4) is 0 Å². The predicted molar refractivity (Wildman–Crippen MR) is 115 cm³/mol. The van der Waals surface area contributed by atoms with Gasteiger partial charge in [0.1, 0.15) is 6.04 Å². The van der Waals surface area contributed by atoms with Crippen molar-refractivity contribution in [3.63, 3.8) is 0 Å². The van der Waals surface area contributed by atoms with Crippen molar-refractivity contribution in [2.75, 3.05) is 27.3 Å². The summed E-state index contributed by atoms with van der Waals surface area (Å²) >= 11 is 0. The van der Waals surface area contributed by atoms with Gasteiger partial charge in [-0.25, -0.2) is 0 Å². The molecule has 29 heavy (non-hydrogen) atoms. The Morgan fingerprint density at radius 2 is 1.72 bits per heavy atom. The first-order valence-corrected chi connectivity index (χ1v) is 10.2. The molecule has 7 nitrogen and oxygen atoms in total. The maximum atomic E-state index is 12.2. The van der Waals surface area contributed by atoms with Crippen LogP contribution in [0.4, 0.5) is 0 Å². The van der Waals surface area contributed by atoms with E-state index in [0.29, 0.717) is 19.5 Å². The minimum atomic E-state index is -0.542. The molecule has 0 aromatic heterocycles. The number of unbranched alkanes of at least 4 members (excludes halogenated alkanes) is 1. The molecule has 8 heteroatoms. The number of carbonyl (C=O) groups excluding carboxylic acids is 2. The molecule has 0 aliphatic heterocycles. The second-order valence-electron chi connectivity index (χ2n) is 7.44. The molecular formula is C21H35BN2O5. The van der Waals surface area contributed by atoms with E-state index in [2.05, 4.69) is 10.5 Å². The monoisotopic (exact) mass is 406 g/mol. The maximum absolute atomic E-state index is 12.2. The molecule has 0 radical (unpaired) electrons. The van der Waals surface area contributed by atoms with E-state index in [1.165, 1.54) is 14.2 Å². The molecule has 3 N–H and O–H groups in total. The van der Waals surface area contributed by atoms with E-state index >= 15 is 0 Å². The molecule has 0 fully saturated rings. The van der Waals surface area contributed by atoms with Crippen molar-refractivity contribution >= 4 is 19.0 Å². The molecule has 1 rings (SSSR count). The Balaban J connectivity index is 2.78. The number of carbonyl (C=O) groups is 2. The highest BCUT2D eigenvalue weighted by Gasteiger charge is 2.28. The van der Waals surface area contributed by atoms with Crippen molar-refractivity contribution in [3.05, 3.63) is 35.4 Å². The molecule has 0 bridgehead atoms. The molecule has 0 aliphatic rings. The van der Waals surface area contributed by atoms with Crippen LogP contribution in [0, 0.1) is 12.8 Å². The molecule has 0 saturated carbocycles. The Labute approximate surface area is 174 Å². The minimum absolute atomic E-state index is 0.132. The average molecular weight is 406 g/mol. The zero-order valence-electron chi connectivity index (χ0n) is 18.2. The summed E-state index contributed by atoms with van der Waals surface area (Å²) in [5.74, 6) is -1.09. The zero-order chi connectivity index (χ0) is 21.8. The summed E-state index contributed by atoms with van der Waals surface area (Å²) in [5.41, 5.74) is 2.16. The van der Waals surface area contributed by atoms with Gasteiger partial charge in [-0.1, -0.05) is 43.2 Å². The molecule has 3 atom stereocenters. The first-order chi connectivity index (χ1) is 13.8. The molecule has 0 aliphatic carbocycles. The summed E-state index contributed by atoms with van der Waals surface area (Å²) in [4.78, 5) is 24.4. The molecule has 1 aromatic carbocycles. The number of ether oxygens (including phenoxy) is 2. The second kappa shape index (κ2) is 13.4. The number of aryl methyl sites for hydroxylation is 1. The normalized spacial score (nSPS) is 14.0. The smallest absolute Gasteiger partial charge is 0.373 e. The summed E-state index contributed by atoms with van der Waals surface area (Å²) in [6.45, 7) is 6.65. The van der Waals surface area contributed by atoms with Gasteiger partial charge < -0.3 is 25.0 Å². The number of nitrogens with one attached hydrogen (secondary N) is 2. The number of benzene rings is 1. The lowest BCUT2D eigenvalue weighted by Crippen LogP contribution is -2.41. The van der Waals surface area contributed by atoms with Gasteiger partial charge >= 0.3 is 19.0 Å².